The molecule has 2 nitrogen and oxygen atoms in total. The Bertz CT molecular complexity index is 306. The van der Waals surface area contributed by atoms with Crippen LogP contribution >= 0.6 is 31.9 Å². The van der Waals surface area contributed by atoms with Crippen LogP contribution in [0.25, 0.3) is 0 Å². The monoisotopic (exact) mass is 296 g/mol. The first-order valence-electron chi connectivity index (χ1n) is 3.03. The molecular formula is C6H4BBr2FO2. The standard InChI is InChI=1S/C6H4BBr2FO2/c8-3-1-2-4(10)6(9)5(3)7(11)12/h1-2,11-12H. The summed E-state index contributed by atoms with van der Waals surface area (Å²) >= 11 is 5.97. The molecule has 0 radical (unpaired) electrons. The van der Waals surface area contributed by atoms with E-state index in [0.29, 0.717) is 4.47 Å². The average molecular weight is 298 g/mol. The van der Waals surface area contributed by atoms with Crippen molar-refractivity contribution >= 4 is 44.4 Å². The maximum absolute atomic E-state index is 12.8. The van der Waals surface area contributed by atoms with Gasteiger partial charge in [0.05, 0.1) is 4.47 Å². The molecule has 0 saturated carbocycles. The minimum absolute atomic E-state index is 0.0619. The lowest BCUT2D eigenvalue weighted by atomic mass is 9.80. The van der Waals surface area contributed by atoms with Crippen molar-refractivity contribution in [2.24, 2.45) is 0 Å². The molecule has 12 heavy (non-hydrogen) atoms. The van der Waals surface area contributed by atoms with E-state index < -0.39 is 12.9 Å². The van der Waals surface area contributed by atoms with Crippen LogP contribution < -0.4 is 5.46 Å². The molecule has 1 aromatic rings. The maximum Gasteiger partial charge on any atom is 0.490 e. The molecule has 1 rings (SSSR count). The van der Waals surface area contributed by atoms with Crippen molar-refractivity contribution in [1.29, 1.82) is 0 Å². The van der Waals surface area contributed by atoms with Crippen molar-refractivity contribution in [3.63, 3.8) is 0 Å². The van der Waals surface area contributed by atoms with Crippen molar-refractivity contribution in [3.05, 3.63) is 26.9 Å². The van der Waals surface area contributed by atoms with Crippen LogP contribution in [-0.2, 0) is 0 Å². The van der Waals surface area contributed by atoms with Gasteiger partial charge in [-0.25, -0.2) is 4.39 Å². The molecule has 6 heteroatoms. The molecule has 0 fully saturated rings. The molecular weight excluding hydrogens is 294 g/mol. The quantitative estimate of drug-likeness (QED) is 0.600. The molecule has 0 heterocycles. The van der Waals surface area contributed by atoms with E-state index in [1.54, 1.807) is 0 Å². The lowest BCUT2D eigenvalue weighted by Crippen LogP contribution is -2.32. The predicted octanol–water partition coefficient (Wildman–Crippen LogP) is 1.03. The second-order valence-corrected chi connectivity index (χ2v) is 3.78. The first-order chi connectivity index (χ1) is 5.54. The van der Waals surface area contributed by atoms with E-state index in [1.165, 1.54) is 12.1 Å². The number of rotatable bonds is 1. The highest BCUT2D eigenvalue weighted by Gasteiger charge is 2.20. The Morgan fingerprint density at radius 2 is 1.83 bits per heavy atom. The van der Waals surface area contributed by atoms with Gasteiger partial charge in [0.2, 0.25) is 0 Å². The third kappa shape index (κ3) is 1.88. The second kappa shape index (κ2) is 3.87. The number of benzene rings is 1. The molecule has 0 aliphatic heterocycles. The van der Waals surface area contributed by atoms with Crippen LogP contribution in [0.2, 0.25) is 0 Å². The molecule has 0 saturated heterocycles. The van der Waals surface area contributed by atoms with Crippen molar-refractivity contribution in [2.45, 2.75) is 0 Å². The van der Waals surface area contributed by atoms with Crippen molar-refractivity contribution < 1.29 is 14.4 Å². The predicted molar refractivity (Wildman–Crippen MR) is 51.6 cm³/mol. The van der Waals surface area contributed by atoms with E-state index in [0.717, 1.165) is 0 Å². The molecule has 0 aliphatic carbocycles. The van der Waals surface area contributed by atoms with Gasteiger partial charge in [0.15, 0.2) is 0 Å². The van der Waals surface area contributed by atoms with Crippen LogP contribution in [0.5, 0.6) is 0 Å². The summed E-state index contributed by atoms with van der Waals surface area (Å²) in [4.78, 5) is 0. The normalized spacial score (nSPS) is 10.1. The third-order valence-electron chi connectivity index (χ3n) is 1.34. The Morgan fingerprint density at radius 3 is 2.25 bits per heavy atom. The number of hydrogen-bond donors (Lipinski definition) is 2. The SMILES string of the molecule is OB(O)c1c(Br)ccc(F)c1Br. The highest BCUT2D eigenvalue weighted by Crippen LogP contribution is 2.18. The van der Waals surface area contributed by atoms with Gasteiger partial charge in [0, 0.05) is 9.94 Å². The summed E-state index contributed by atoms with van der Waals surface area (Å²) in [7, 11) is -1.69. The van der Waals surface area contributed by atoms with Gasteiger partial charge < -0.3 is 10.0 Å². The van der Waals surface area contributed by atoms with Crippen molar-refractivity contribution in [3.8, 4) is 0 Å². The molecule has 64 valence electrons. The Hall–Kier alpha value is 0.0949. The zero-order valence-electron chi connectivity index (χ0n) is 5.76. The first kappa shape index (κ1) is 10.2. The number of hydrogen-bond acceptors (Lipinski definition) is 2. The lowest BCUT2D eigenvalue weighted by molar-refractivity contribution is 0.425. The van der Waals surface area contributed by atoms with Crippen LogP contribution in [0, 0.1) is 5.82 Å². The minimum Gasteiger partial charge on any atom is -0.423 e. The van der Waals surface area contributed by atoms with E-state index in [1.807, 2.05) is 0 Å². The van der Waals surface area contributed by atoms with Crippen LogP contribution in [-0.4, -0.2) is 17.2 Å². The summed E-state index contributed by atoms with van der Waals surface area (Å²) in [6.45, 7) is 0. The molecule has 0 amide bonds. The molecule has 2 N–H and O–H groups in total. The van der Waals surface area contributed by atoms with E-state index in [-0.39, 0.29) is 9.94 Å². The highest BCUT2D eigenvalue weighted by atomic mass is 79.9. The zero-order chi connectivity index (χ0) is 9.30. The fraction of sp³-hybridized carbons (Fsp3) is 0. The Kier molecular flexibility index (Phi) is 3.28. The lowest BCUT2D eigenvalue weighted by Gasteiger charge is -2.05. The smallest absolute Gasteiger partial charge is 0.423 e. The molecule has 0 aromatic heterocycles. The van der Waals surface area contributed by atoms with Gasteiger partial charge in [-0.3, -0.25) is 0 Å². The average Bonchev–Trinajstić information content (AvgIpc) is 1.97. The van der Waals surface area contributed by atoms with Gasteiger partial charge in [-0.2, -0.15) is 0 Å². The molecule has 0 aliphatic rings. The first-order valence-corrected chi connectivity index (χ1v) is 4.62. The number of halogens is 3. The zero-order valence-corrected chi connectivity index (χ0v) is 8.93. The molecule has 0 unspecified atom stereocenters. The van der Waals surface area contributed by atoms with E-state index in [4.69, 9.17) is 10.0 Å². The van der Waals surface area contributed by atoms with Gasteiger partial charge >= 0.3 is 7.12 Å². The maximum atomic E-state index is 12.8. The van der Waals surface area contributed by atoms with E-state index >= 15 is 0 Å². The summed E-state index contributed by atoms with van der Waals surface area (Å²) in [5.74, 6) is -0.527. The molecule has 0 bridgehead atoms. The summed E-state index contributed by atoms with van der Waals surface area (Å²) in [6.07, 6.45) is 0. The summed E-state index contributed by atoms with van der Waals surface area (Å²) in [5.41, 5.74) is 0.0926. The van der Waals surface area contributed by atoms with E-state index in [2.05, 4.69) is 31.9 Å². The molecule has 0 spiro atoms. The van der Waals surface area contributed by atoms with Crippen LogP contribution in [0.4, 0.5) is 4.39 Å². The molecule has 1 aromatic carbocycles. The topological polar surface area (TPSA) is 40.5 Å². The van der Waals surface area contributed by atoms with Gasteiger partial charge in [-0.15, -0.1) is 0 Å². The Balaban J connectivity index is 3.33. The largest absolute Gasteiger partial charge is 0.490 e. The third-order valence-corrected chi connectivity index (χ3v) is 2.84. The molecule has 0 atom stereocenters. The highest BCUT2D eigenvalue weighted by molar-refractivity contribution is 9.11. The van der Waals surface area contributed by atoms with Crippen LogP contribution in [0.1, 0.15) is 0 Å². The van der Waals surface area contributed by atoms with Crippen LogP contribution in [0.3, 0.4) is 0 Å². The van der Waals surface area contributed by atoms with Crippen LogP contribution in [0.15, 0.2) is 21.1 Å². The van der Waals surface area contributed by atoms with Gasteiger partial charge in [-0.05, 0) is 28.1 Å². The summed E-state index contributed by atoms with van der Waals surface area (Å²) in [6, 6.07) is 2.63. The van der Waals surface area contributed by atoms with Crippen molar-refractivity contribution in [2.75, 3.05) is 0 Å². The minimum atomic E-state index is -1.69. The second-order valence-electron chi connectivity index (χ2n) is 2.13. The van der Waals surface area contributed by atoms with Crippen molar-refractivity contribution in [1.82, 2.24) is 0 Å². The van der Waals surface area contributed by atoms with Gasteiger partial charge in [0.1, 0.15) is 5.82 Å². The fourth-order valence-corrected chi connectivity index (χ4v) is 2.13. The Morgan fingerprint density at radius 1 is 1.25 bits per heavy atom. The van der Waals surface area contributed by atoms with Gasteiger partial charge in [-0.1, -0.05) is 15.9 Å². The van der Waals surface area contributed by atoms with Gasteiger partial charge in [0.25, 0.3) is 0 Å². The summed E-state index contributed by atoms with van der Waals surface area (Å²) < 4.78 is 13.3. The fourth-order valence-electron chi connectivity index (χ4n) is 0.779. The summed E-state index contributed by atoms with van der Waals surface area (Å²) in [5, 5.41) is 17.7. The van der Waals surface area contributed by atoms with E-state index in [9.17, 15) is 4.39 Å². The Labute approximate surface area is 85.8 Å².